The maximum absolute atomic E-state index is 11.9. The quantitative estimate of drug-likeness (QED) is 0.792. The van der Waals surface area contributed by atoms with Crippen molar-refractivity contribution in [3.05, 3.63) is 7.65 Å². The van der Waals surface area contributed by atoms with Crippen molar-refractivity contribution in [2.24, 2.45) is 0 Å². The van der Waals surface area contributed by atoms with E-state index >= 15 is 0 Å². The molecule has 0 aliphatic heterocycles. The number of rotatable bonds is 6. The van der Waals surface area contributed by atoms with Gasteiger partial charge in [0.2, 0.25) is 0 Å². The Kier molecular flexibility index (Phi) is 5.27. The molecule has 0 amide bonds. The van der Waals surface area contributed by atoms with Crippen LogP contribution in [0.15, 0.2) is 0 Å². The summed E-state index contributed by atoms with van der Waals surface area (Å²) in [6.07, 6.45) is 3.01. The van der Waals surface area contributed by atoms with E-state index in [1.165, 1.54) is 0 Å². The van der Waals surface area contributed by atoms with Gasteiger partial charge in [0.05, 0.1) is 0 Å². The van der Waals surface area contributed by atoms with Crippen molar-refractivity contribution in [1.82, 2.24) is 0 Å². The molecule has 7 heteroatoms. The monoisotopic (exact) mass is 300 g/mol. The van der Waals surface area contributed by atoms with Crippen LogP contribution in [0.25, 0.3) is 0 Å². The van der Waals surface area contributed by atoms with Crippen LogP contribution in [0.5, 0.6) is 0 Å². The van der Waals surface area contributed by atoms with Crippen LogP contribution in [0.4, 0.5) is 0 Å². The molecule has 0 radical (unpaired) electrons. The van der Waals surface area contributed by atoms with Crippen molar-refractivity contribution in [2.75, 3.05) is 11.5 Å². The predicted octanol–water partition coefficient (Wildman–Crippen LogP) is 2.80. The Hall–Kier alpha value is 0.180. The first-order valence-electron chi connectivity index (χ1n) is 5.76. The van der Waals surface area contributed by atoms with Crippen molar-refractivity contribution in [3.63, 3.8) is 0 Å². The zero-order valence-electron chi connectivity index (χ0n) is 10.2. The molecule has 1 heterocycles. The zero-order valence-corrected chi connectivity index (χ0v) is 12.6. The van der Waals surface area contributed by atoms with Crippen LogP contribution in [0.1, 0.15) is 39.5 Å². The summed E-state index contributed by atoms with van der Waals surface area (Å²) in [5, 5.41) is 0. The van der Waals surface area contributed by atoms with Crippen molar-refractivity contribution in [2.45, 2.75) is 39.5 Å². The second kappa shape index (κ2) is 5.88. The first-order chi connectivity index (χ1) is 7.85. The lowest BCUT2D eigenvalue weighted by atomic mass is 10.4. The van der Waals surface area contributed by atoms with Crippen LogP contribution in [0.3, 0.4) is 0 Å². The highest BCUT2D eigenvalue weighted by molar-refractivity contribution is 7.95. The number of unbranched alkanes of at least 4 members (excludes halogenated alkanes) is 2. The molecule has 0 aromatic carbocycles. The standard InChI is InChI=1S/C10H20O4S3/c1-3-5-7-16(11,12)9-10(15-9)17(13,14)8-6-4-2/h3-8H2,1-2H3,(H,11,12)(H,13,14). The molecule has 0 bridgehead atoms. The molecule has 1 aromatic rings. The van der Waals surface area contributed by atoms with E-state index in [-0.39, 0.29) is 19.2 Å². The Labute approximate surface area is 107 Å². The third-order valence-corrected chi connectivity index (χ3v) is 8.72. The summed E-state index contributed by atoms with van der Waals surface area (Å²) < 4.78 is 43.8. The zero-order chi connectivity index (χ0) is 13.1. The third kappa shape index (κ3) is 4.10. The van der Waals surface area contributed by atoms with E-state index in [9.17, 15) is 17.5 Å². The van der Waals surface area contributed by atoms with Gasteiger partial charge in [-0.15, -0.1) is 11.3 Å². The van der Waals surface area contributed by atoms with Crippen LogP contribution in [-0.2, 0) is 19.6 Å². The van der Waals surface area contributed by atoms with E-state index in [0.717, 1.165) is 24.2 Å². The maximum Gasteiger partial charge on any atom is 0.133 e. The van der Waals surface area contributed by atoms with E-state index in [1.54, 1.807) is 0 Å². The van der Waals surface area contributed by atoms with Gasteiger partial charge in [0.15, 0.2) is 0 Å². The van der Waals surface area contributed by atoms with Crippen LogP contribution in [-0.4, -0.2) is 29.0 Å². The molecule has 102 valence electrons. The molecular weight excluding hydrogens is 280 g/mol. The first-order valence-corrected chi connectivity index (χ1v) is 9.94. The van der Waals surface area contributed by atoms with Crippen LogP contribution < -0.4 is 0 Å². The molecule has 1 aromatic heterocycles. The van der Waals surface area contributed by atoms with Gasteiger partial charge < -0.3 is 9.11 Å². The summed E-state index contributed by atoms with van der Waals surface area (Å²) in [6.45, 7) is 3.89. The summed E-state index contributed by atoms with van der Waals surface area (Å²) in [5.74, 6) is 0.386. The molecule has 17 heavy (non-hydrogen) atoms. The van der Waals surface area contributed by atoms with Gasteiger partial charge in [-0.25, -0.2) is 8.42 Å². The predicted molar refractivity (Wildman–Crippen MR) is 74.3 cm³/mol. The molecule has 0 saturated carbocycles. The second-order valence-corrected chi connectivity index (χ2v) is 9.81. The molecular formula is C10H20O4S3. The second-order valence-electron chi connectivity index (χ2n) is 4.07. The topological polar surface area (TPSA) is 74.6 Å². The minimum absolute atomic E-state index is 0.193. The smallest absolute Gasteiger partial charge is 0.133 e. The largest absolute Gasteiger partial charge is 0.312 e. The molecule has 0 spiro atoms. The molecule has 0 saturated heterocycles. The molecule has 2 N–H and O–H groups in total. The molecule has 0 fully saturated rings. The molecule has 0 aliphatic rings. The fraction of sp³-hybridized carbons (Fsp3) is 0.800. The van der Waals surface area contributed by atoms with E-state index in [4.69, 9.17) is 0 Å². The van der Waals surface area contributed by atoms with Gasteiger partial charge in [-0.2, -0.15) is 0 Å². The van der Waals surface area contributed by atoms with Gasteiger partial charge in [0, 0.05) is 11.5 Å². The van der Waals surface area contributed by atoms with E-state index in [0.29, 0.717) is 12.8 Å². The molecule has 2 atom stereocenters. The van der Waals surface area contributed by atoms with Crippen molar-refractivity contribution in [3.8, 4) is 0 Å². The maximum atomic E-state index is 11.9. The van der Waals surface area contributed by atoms with E-state index in [1.807, 2.05) is 13.8 Å². The SMILES string of the molecule is CCCCS(=O)(O)=c1sc1=S(=O)(O)CCCC. The molecule has 4 nitrogen and oxygen atoms in total. The lowest BCUT2D eigenvalue weighted by Crippen LogP contribution is -2.05. The highest BCUT2D eigenvalue weighted by atomic mass is 32.3. The number of hydrogen-bond donors (Lipinski definition) is 2. The van der Waals surface area contributed by atoms with Crippen molar-refractivity contribution >= 4 is 30.9 Å². The Balaban J connectivity index is 3.16. The van der Waals surface area contributed by atoms with Crippen molar-refractivity contribution < 1.29 is 17.5 Å². The van der Waals surface area contributed by atoms with Gasteiger partial charge in [-0.05, 0) is 12.8 Å². The Morgan fingerprint density at radius 3 is 1.59 bits per heavy atom. The Bertz CT molecular complexity index is 562. The van der Waals surface area contributed by atoms with Crippen LogP contribution in [0.2, 0.25) is 0 Å². The number of hydrogen-bond acceptors (Lipinski definition) is 3. The summed E-state index contributed by atoms with van der Waals surface area (Å²) in [5.41, 5.74) is 0. The third-order valence-electron chi connectivity index (χ3n) is 2.44. The fourth-order valence-electron chi connectivity index (χ4n) is 1.31. The lowest BCUT2D eigenvalue weighted by molar-refractivity contribution is 0.549. The summed E-state index contributed by atoms with van der Waals surface area (Å²) in [4.78, 5) is 0. The lowest BCUT2D eigenvalue weighted by Gasteiger charge is -1.99. The van der Waals surface area contributed by atoms with Gasteiger partial charge >= 0.3 is 0 Å². The average molecular weight is 300 g/mol. The Morgan fingerprint density at radius 2 is 1.29 bits per heavy atom. The highest BCUT2D eigenvalue weighted by Gasteiger charge is 2.17. The van der Waals surface area contributed by atoms with Gasteiger partial charge in [-0.3, -0.25) is 0 Å². The summed E-state index contributed by atoms with van der Waals surface area (Å²) in [6, 6.07) is 0. The van der Waals surface area contributed by atoms with Crippen molar-refractivity contribution in [1.29, 1.82) is 0 Å². The minimum atomic E-state index is -3.05. The molecule has 0 aliphatic carbocycles. The van der Waals surface area contributed by atoms with E-state index < -0.39 is 19.6 Å². The summed E-state index contributed by atoms with van der Waals surface area (Å²) in [7, 11) is -6.11. The van der Waals surface area contributed by atoms with Crippen LogP contribution >= 0.6 is 11.3 Å². The molecule has 2 unspecified atom stereocenters. The minimum Gasteiger partial charge on any atom is -0.312 e. The van der Waals surface area contributed by atoms with Gasteiger partial charge in [0.25, 0.3) is 0 Å². The molecule has 1 rings (SSSR count). The Morgan fingerprint density at radius 1 is 0.941 bits per heavy atom. The average Bonchev–Trinajstić information content (AvgIpc) is 3.04. The van der Waals surface area contributed by atoms with Gasteiger partial charge in [-0.1, -0.05) is 26.7 Å². The van der Waals surface area contributed by atoms with Crippen LogP contribution in [0, 0.1) is 7.65 Å². The van der Waals surface area contributed by atoms with E-state index in [2.05, 4.69) is 0 Å². The summed E-state index contributed by atoms with van der Waals surface area (Å²) >= 11 is 1.03. The fourth-order valence-corrected chi connectivity index (χ4v) is 7.45. The first kappa shape index (κ1) is 15.2. The van der Waals surface area contributed by atoms with Gasteiger partial charge in [0.1, 0.15) is 27.3 Å². The normalized spacial score (nSPS) is 19.1. The highest BCUT2D eigenvalue weighted by Crippen LogP contribution is 2.22.